The second kappa shape index (κ2) is 18.3. The molecule has 0 heterocycles. The minimum atomic E-state index is -0.548. The fourth-order valence-electron chi connectivity index (χ4n) is 7.10. The Kier molecular flexibility index (Phi) is 11.9. The molecule has 0 amide bonds. The highest BCUT2D eigenvalue weighted by molar-refractivity contribution is 6.14. The highest BCUT2D eigenvalue weighted by Gasteiger charge is 2.17. The third-order valence-electron chi connectivity index (χ3n) is 10.4. The van der Waals surface area contributed by atoms with Gasteiger partial charge in [-0.1, -0.05) is 109 Å². The van der Waals surface area contributed by atoms with Crippen molar-refractivity contribution in [3.8, 4) is 34.1 Å². The van der Waals surface area contributed by atoms with E-state index < -0.39 is 11.9 Å². The summed E-state index contributed by atoms with van der Waals surface area (Å²) < 4.78 is 21.3. The first-order valence-electron chi connectivity index (χ1n) is 19.7. The molecule has 0 radical (unpaired) electrons. The van der Waals surface area contributed by atoms with Crippen LogP contribution in [0.4, 0.5) is 0 Å². The van der Waals surface area contributed by atoms with E-state index in [9.17, 15) is 19.2 Å². The van der Waals surface area contributed by atoms with Gasteiger partial charge in [0.15, 0.2) is 11.6 Å². The zero-order valence-corrected chi connectivity index (χ0v) is 33.7. The Bertz CT molecular complexity index is 2810. The van der Waals surface area contributed by atoms with Crippen molar-refractivity contribution in [1.29, 1.82) is 0 Å². The number of carbonyl (C=O) groups is 4. The van der Waals surface area contributed by atoms with E-state index in [0.29, 0.717) is 45.3 Å². The Labute approximate surface area is 357 Å². The van der Waals surface area contributed by atoms with Crippen LogP contribution in [0.15, 0.2) is 182 Å². The Balaban J connectivity index is 1.07. The molecule has 0 aliphatic rings. The zero-order chi connectivity index (χ0) is 43.0. The van der Waals surface area contributed by atoms with Gasteiger partial charge in [-0.15, -0.1) is 0 Å². The number of ether oxygens (including phenoxy) is 4. The lowest BCUT2D eigenvalue weighted by Crippen LogP contribution is -2.08. The van der Waals surface area contributed by atoms with Crippen LogP contribution < -0.4 is 18.9 Å². The Hall–Kier alpha value is -8.36. The van der Waals surface area contributed by atoms with E-state index in [1.54, 1.807) is 123 Å². The van der Waals surface area contributed by atoms with Gasteiger partial charge in [0.1, 0.15) is 23.0 Å². The van der Waals surface area contributed by atoms with Crippen molar-refractivity contribution < 1.29 is 38.1 Å². The van der Waals surface area contributed by atoms with Crippen molar-refractivity contribution >= 4 is 57.2 Å². The van der Waals surface area contributed by atoms with Crippen LogP contribution in [0.3, 0.4) is 0 Å². The van der Waals surface area contributed by atoms with Crippen molar-refractivity contribution in [3.63, 3.8) is 0 Å². The van der Waals surface area contributed by atoms with E-state index in [-0.39, 0.29) is 11.6 Å². The normalized spacial score (nSPS) is 11.2. The van der Waals surface area contributed by atoms with Gasteiger partial charge in [0.2, 0.25) is 0 Å². The molecule has 0 N–H and O–H groups in total. The summed E-state index contributed by atoms with van der Waals surface area (Å²) in [6.07, 6.45) is 6.66. The van der Waals surface area contributed by atoms with Crippen LogP contribution in [0.1, 0.15) is 52.6 Å². The topological polar surface area (TPSA) is 105 Å². The first-order chi connectivity index (χ1) is 30.3. The van der Waals surface area contributed by atoms with Crippen molar-refractivity contribution in [2.75, 3.05) is 14.2 Å². The molecule has 0 saturated heterocycles. The predicted octanol–water partition coefficient (Wildman–Crippen LogP) is 11.9. The molecule has 0 aliphatic carbocycles. The molecule has 62 heavy (non-hydrogen) atoms. The largest absolute Gasteiger partial charge is 0.497 e. The fraction of sp³-hybridized carbons (Fsp3) is 0.0370. The maximum Gasteiger partial charge on any atom is 0.343 e. The summed E-state index contributed by atoms with van der Waals surface area (Å²) in [7, 11) is 3.12. The maximum atomic E-state index is 13.6. The van der Waals surface area contributed by atoms with Gasteiger partial charge in [-0.3, -0.25) is 9.59 Å². The van der Waals surface area contributed by atoms with Crippen LogP contribution in [0.5, 0.6) is 23.0 Å². The third-order valence-corrected chi connectivity index (χ3v) is 10.4. The molecule has 0 fully saturated rings. The third kappa shape index (κ3) is 8.95. The number of fused-ring (bicyclic) bond motifs is 2. The molecule has 0 atom stereocenters. The number of benzene rings is 8. The molecule has 0 spiro atoms. The first-order valence-corrected chi connectivity index (χ1v) is 19.7. The standard InChI is InChI=1S/C54H38O8/c1-59-43-25-29-45(30-26-43)61-53(57)41-19-13-37(14-20-41)49(55)33-23-39-17-11-35-7-3-5-9-47(35)51(39)52-40(18-12-36-8-4-6-10-48(36)52)24-34-50(56)38-15-21-42(22-16-38)54(58)62-46-31-27-44(60-2)28-32-46/h3-34H,1-2H3/b33-23+,34-24+. The number of hydrogen-bond acceptors (Lipinski definition) is 8. The summed E-state index contributed by atoms with van der Waals surface area (Å²) in [5.41, 5.74) is 4.79. The van der Waals surface area contributed by atoms with Gasteiger partial charge < -0.3 is 18.9 Å². The summed E-state index contributed by atoms with van der Waals surface area (Å²) in [5, 5.41) is 3.95. The molecule has 302 valence electrons. The van der Waals surface area contributed by atoms with Gasteiger partial charge in [0.25, 0.3) is 0 Å². The summed E-state index contributed by atoms with van der Waals surface area (Å²) in [6, 6.07) is 50.2. The van der Waals surface area contributed by atoms with Crippen LogP contribution in [-0.2, 0) is 0 Å². The molecular formula is C54H38O8. The second-order valence-electron chi connectivity index (χ2n) is 14.2. The molecule has 8 nitrogen and oxygen atoms in total. The average molecular weight is 815 g/mol. The Morgan fingerprint density at radius 3 is 1.08 bits per heavy atom. The summed E-state index contributed by atoms with van der Waals surface area (Å²) in [5.74, 6) is 0.447. The van der Waals surface area contributed by atoms with Gasteiger partial charge in [-0.25, -0.2) is 9.59 Å². The molecule has 0 unspecified atom stereocenters. The number of ketones is 2. The van der Waals surface area contributed by atoms with Crippen LogP contribution in [0.2, 0.25) is 0 Å². The van der Waals surface area contributed by atoms with Gasteiger partial charge in [0.05, 0.1) is 25.3 Å². The van der Waals surface area contributed by atoms with Crippen LogP contribution in [0.25, 0.3) is 44.8 Å². The number of esters is 2. The van der Waals surface area contributed by atoms with Gasteiger partial charge in [0, 0.05) is 11.1 Å². The lowest BCUT2D eigenvalue weighted by atomic mass is 9.86. The highest BCUT2D eigenvalue weighted by Crippen LogP contribution is 2.40. The van der Waals surface area contributed by atoms with E-state index in [0.717, 1.165) is 43.8 Å². The number of methoxy groups -OCH3 is 2. The van der Waals surface area contributed by atoms with Crippen LogP contribution in [0, 0.1) is 0 Å². The van der Waals surface area contributed by atoms with E-state index in [4.69, 9.17) is 18.9 Å². The SMILES string of the molecule is COc1ccc(OC(=O)c2ccc(C(=O)/C=C/c3ccc4ccccc4c3-c3c(/C=C/C(=O)c4ccc(C(=O)Oc5ccc(OC)cc5)cc4)ccc4ccccc34)cc2)cc1. The second-order valence-corrected chi connectivity index (χ2v) is 14.2. The van der Waals surface area contributed by atoms with E-state index in [2.05, 4.69) is 12.1 Å². The van der Waals surface area contributed by atoms with Crippen LogP contribution in [-0.4, -0.2) is 37.7 Å². The number of carbonyl (C=O) groups excluding carboxylic acids is 4. The van der Waals surface area contributed by atoms with E-state index in [1.165, 1.54) is 12.2 Å². The lowest BCUT2D eigenvalue weighted by Gasteiger charge is -2.17. The molecule has 8 rings (SSSR count). The van der Waals surface area contributed by atoms with Crippen molar-refractivity contribution in [1.82, 2.24) is 0 Å². The smallest absolute Gasteiger partial charge is 0.343 e. The molecule has 8 aromatic carbocycles. The quantitative estimate of drug-likeness (QED) is 0.0490. The van der Waals surface area contributed by atoms with E-state index in [1.807, 2.05) is 60.7 Å². The molecule has 0 bridgehead atoms. The maximum absolute atomic E-state index is 13.6. The summed E-state index contributed by atoms with van der Waals surface area (Å²) in [6.45, 7) is 0. The van der Waals surface area contributed by atoms with E-state index >= 15 is 0 Å². The van der Waals surface area contributed by atoms with Crippen molar-refractivity contribution in [2.24, 2.45) is 0 Å². The van der Waals surface area contributed by atoms with Crippen LogP contribution >= 0.6 is 0 Å². The molecule has 0 aliphatic heterocycles. The predicted molar refractivity (Wildman–Crippen MR) is 242 cm³/mol. The minimum absolute atomic E-state index is 0.247. The Morgan fingerprint density at radius 2 is 0.710 bits per heavy atom. The summed E-state index contributed by atoms with van der Waals surface area (Å²) in [4.78, 5) is 52.9. The molecule has 8 heteroatoms. The number of hydrogen-bond donors (Lipinski definition) is 0. The minimum Gasteiger partial charge on any atom is -0.497 e. The highest BCUT2D eigenvalue weighted by atomic mass is 16.5. The zero-order valence-electron chi connectivity index (χ0n) is 33.7. The van der Waals surface area contributed by atoms with Gasteiger partial charge >= 0.3 is 11.9 Å². The fourth-order valence-corrected chi connectivity index (χ4v) is 7.10. The average Bonchev–Trinajstić information content (AvgIpc) is 3.32. The summed E-state index contributed by atoms with van der Waals surface area (Å²) >= 11 is 0. The van der Waals surface area contributed by atoms with Gasteiger partial charge in [-0.05, 0) is 129 Å². The Morgan fingerprint density at radius 1 is 0.371 bits per heavy atom. The molecule has 8 aromatic rings. The number of rotatable bonds is 13. The van der Waals surface area contributed by atoms with Gasteiger partial charge in [-0.2, -0.15) is 0 Å². The lowest BCUT2D eigenvalue weighted by molar-refractivity contribution is 0.0725. The molecule has 0 saturated carbocycles. The molecular weight excluding hydrogens is 777 g/mol. The first kappa shape index (κ1) is 40.4. The molecule has 0 aromatic heterocycles. The number of allylic oxidation sites excluding steroid dienone is 2. The van der Waals surface area contributed by atoms with Crippen molar-refractivity contribution in [2.45, 2.75) is 0 Å². The van der Waals surface area contributed by atoms with Crippen molar-refractivity contribution in [3.05, 3.63) is 215 Å². The monoisotopic (exact) mass is 814 g/mol.